The second-order valence-corrected chi connectivity index (χ2v) is 8.76. The highest BCUT2D eigenvalue weighted by atomic mass is 16.7. The summed E-state index contributed by atoms with van der Waals surface area (Å²) in [5.74, 6) is 0.765. The van der Waals surface area contributed by atoms with Crippen LogP contribution in [-0.2, 0) is 20.5 Å². The van der Waals surface area contributed by atoms with Crippen LogP contribution in [0.1, 0.15) is 49.2 Å². The lowest BCUT2D eigenvalue weighted by atomic mass is 9.77. The Kier molecular flexibility index (Phi) is 6.67. The van der Waals surface area contributed by atoms with Gasteiger partial charge in [0.2, 0.25) is 0 Å². The first-order chi connectivity index (χ1) is 14.6. The standard InChI is InChI=1S/C24H31BO6/c1-16-13-17(15-18(14-16)27-6)11-12-29-21-19(22(26)28-7)9-8-10-20(21)25-30-23(2,3)24(4,5)31-25/h8-10,13-15H,11-12H2,1-7H3. The first kappa shape index (κ1) is 23.2. The number of esters is 1. The van der Waals surface area contributed by atoms with Crippen molar-refractivity contribution in [2.45, 2.75) is 52.2 Å². The highest BCUT2D eigenvalue weighted by Crippen LogP contribution is 2.37. The van der Waals surface area contributed by atoms with E-state index in [9.17, 15) is 4.79 Å². The summed E-state index contributed by atoms with van der Waals surface area (Å²) in [4.78, 5) is 12.4. The number of carbonyl (C=O) groups excluding carboxylic acids is 1. The van der Waals surface area contributed by atoms with Gasteiger partial charge in [0.15, 0.2) is 0 Å². The molecule has 1 aliphatic heterocycles. The molecule has 0 radical (unpaired) electrons. The van der Waals surface area contributed by atoms with Gasteiger partial charge in [-0.1, -0.05) is 18.2 Å². The minimum atomic E-state index is -0.649. The van der Waals surface area contributed by atoms with Gasteiger partial charge in [0.05, 0.1) is 32.0 Å². The number of benzene rings is 2. The Morgan fingerprint density at radius 2 is 1.71 bits per heavy atom. The van der Waals surface area contributed by atoms with Gasteiger partial charge < -0.3 is 23.5 Å². The first-order valence-corrected chi connectivity index (χ1v) is 10.4. The smallest absolute Gasteiger partial charge is 0.497 e. The lowest BCUT2D eigenvalue weighted by molar-refractivity contribution is 0.00578. The fourth-order valence-electron chi connectivity index (χ4n) is 3.50. The summed E-state index contributed by atoms with van der Waals surface area (Å²) in [5.41, 5.74) is 2.20. The Bertz CT molecular complexity index is 937. The van der Waals surface area contributed by atoms with E-state index in [1.54, 1.807) is 19.2 Å². The largest absolute Gasteiger partial charge is 0.498 e. The molecule has 0 aliphatic carbocycles. The Morgan fingerprint density at radius 3 is 2.32 bits per heavy atom. The van der Waals surface area contributed by atoms with E-state index in [0.29, 0.717) is 29.8 Å². The van der Waals surface area contributed by atoms with Gasteiger partial charge in [-0.05, 0) is 63.9 Å². The van der Waals surface area contributed by atoms with Crippen molar-refractivity contribution in [3.05, 3.63) is 53.1 Å². The molecule has 1 fully saturated rings. The molecule has 0 N–H and O–H groups in total. The summed E-state index contributed by atoms with van der Waals surface area (Å²) < 4.78 is 28.9. The Morgan fingerprint density at radius 1 is 1.03 bits per heavy atom. The minimum Gasteiger partial charge on any atom is -0.497 e. The Labute approximate surface area is 184 Å². The topological polar surface area (TPSA) is 63.2 Å². The zero-order valence-electron chi connectivity index (χ0n) is 19.4. The average molecular weight is 426 g/mol. The molecule has 2 aromatic rings. The summed E-state index contributed by atoms with van der Waals surface area (Å²) in [6.07, 6.45) is 0.649. The predicted molar refractivity (Wildman–Crippen MR) is 120 cm³/mol. The van der Waals surface area contributed by atoms with Crippen LogP contribution in [0, 0.1) is 6.92 Å². The lowest BCUT2D eigenvalue weighted by Crippen LogP contribution is -2.41. The molecule has 0 atom stereocenters. The van der Waals surface area contributed by atoms with Gasteiger partial charge in [-0.15, -0.1) is 0 Å². The van der Waals surface area contributed by atoms with Crippen molar-refractivity contribution in [3.63, 3.8) is 0 Å². The van der Waals surface area contributed by atoms with E-state index >= 15 is 0 Å². The number of rotatable bonds is 7. The molecule has 6 nitrogen and oxygen atoms in total. The molecular weight excluding hydrogens is 395 g/mol. The van der Waals surface area contributed by atoms with Crippen LogP contribution in [-0.4, -0.2) is 45.1 Å². The average Bonchev–Trinajstić information content (AvgIpc) is 2.93. The van der Waals surface area contributed by atoms with Crippen molar-refractivity contribution in [2.75, 3.05) is 20.8 Å². The fraction of sp³-hybridized carbons (Fsp3) is 0.458. The lowest BCUT2D eigenvalue weighted by Gasteiger charge is -2.32. The van der Waals surface area contributed by atoms with E-state index in [2.05, 4.69) is 6.07 Å². The summed E-state index contributed by atoms with van der Waals surface area (Å²) in [6.45, 7) is 10.3. The summed E-state index contributed by atoms with van der Waals surface area (Å²) >= 11 is 0. The molecule has 0 unspecified atom stereocenters. The maximum atomic E-state index is 12.4. The van der Waals surface area contributed by atoms with Crippen LogP contribution < -0.4 is 14.9 Å². The highest BCUT2D eigenvalue weighted by molar-refractivity contribution is 6.63. The van der Waals surface area contributed by atoms with Crippen molar-refractivity contribution >= 4 is 18.6 Å². The number of methoxy groups -OCH3 is 2. The number of aryl methyl sites for hydroxylation is 1. The third kappa shape index (κ3) is 4.88. The minimum absolute atomic E-state index is 0.344. The van der Waals surface area contributed by atoms with Crippen LogP contribution in [0.15, 0.2) is 36.4 Å². The number of para-hydroxylation sites is 1. The molecule has 1 aliphatic rings. The Hall–Kier alpha value is -2.51. The van der Waals surface area contributed by atoms with Crippen LogP contribution in [0.2, 0.25) is 0 Å². The highest BCUT2D eigenvalue weighted by Gasteiger charge is 2.52. The molecule has 1 heterocycles. The molecule has 1 saturated heterocycles. The number of ether oxygens (including phenoxy) is 3. The molecule has 0 spiro atoms. The van der Waals surface area contributed by atoms with E-state index < -0.39 is 24.3 Å². The van der Waals surface area contributed by atoms with Crippen molar-refractivity contribution < 1.29 is 28.3 Å². The van der Waals surface area contributed by atoms with Crippen molar-refractivity contribution in [3.8, 4) is 11.5 Å². The molecule has 0 aromatic heterocycles. The van der Waals surface area contributed by atoms with Gasteiger partial charge in [-0.2, -0.15) is 0 Å². The third-order valence-electron chi connectivity index (χ3n) is 5.94. The van der Waals surface area contributed by atoms with Gasteiger partial charge >= 0.3 is 13.1 Å². The Balaban J connectivity index is 1.87. The monoisotopic (exact) mass is 426 g/mol. The van der Waals surface area contributed by atoms with E-state index in [0.717, 1.165) is 16.9 Å². The quantitative estimate of drug-likeness (QED) is 0.497. The molecule has 2 aromatic carbocycles. The van der Waals surface area contributed by atoms with E-state index in [1.165, 1.54) is 7.11 Å². The number of hydrogen-bond acceptors (Lipinski definition) is 6. The molecule has 0 amide bonds. The van der Waals surface area contributed by atoms with Crippen molar-refractivity contribution in [1.82, 2.24) is 0 Å². The second kappa shape index (κ2) is 8.93. The van der Waals surface area contributed by atoms with Gasteiger partial charge in [-0.3, -0.25) is 0 Å². The number of hydrogen-bond donors (Lipinski definition) is 0. The molecule has 0 bridgehead atoms. The zero-order valence-corrected chi connectivity index (χ0v) is 19.4. The van der Waals surface area contributed by atoms with Gasteiger partial charge in [0, 0.05) is 11.9 Å². The van der Waals surface area contributed by atoms with Crippen LogP contribution in [0.25, 0.3) is 0 Å². The van der Waals surface area contributed by atoms with Crippen LogP contribution >= 0.6 is 0 Å². The van der Waals surface area contributed by atoms with Crippen molar-refractivity contribution in [2.24, 2.45) is 0 Å². The maximum Gasteiger partial charge on any atom is 0.498 e. The van der Waals surface area contributed by atoms with Crippen molar-refractivity contribution in [1.29, 1.82) is 0 Å². The van der Waals surface area contributed by atoms with Gasteiger partial charge in [0.1, 0.15) is 17.1 Å². The molecular formula is C24H31BO6. The van der Waals surface area contributed by atoms with Crippen LogP contribution in [0.5, 0.6) is 11.5 Å². The SMILES string of the molecule is COC(=O)c1cccc(B2OC(C)(C)C(C)(C)O2)c1OCCc1cc(C)cc(OC)c1. The fourth-order valence-corrected chi connectivity index (χ4v) is 3.50. The molecule has 3 rings (SSSR count). The predicted octanol–water partition coefficient (Wildman–Crippen LogP) is 3.71. The molecule has 31 heavy (non-hydrogen) atoms. The van der Waals surface area contributed by atoms with Gasteiger partial charge in [-0.25, -0.2) is 4.79 Å². The first-order valence-electron chi connectivity index (χ1n) is 10.4. The molecule has 7 heteroatoms. The van der Waals surface area contributed by atoms with Crippen LogP contribution in [0.4, 0.5) is 0 Å². The van der Waals surface area contributed by atoms with E-state index in [4.69, 9.17) is 23.5 Å². The third-order valence-corrected chi connectivity index (χ3v) is 5.94. The second-order valence-electron chi connectivity index (χ2n) is 8.76. The van der Waals surface area contributed by atoms with Crippen LogP contribution in [0.3, 0.4) is 0 Å². The maximum absolute atomic E-state index is 12.4. The summed E-state index contributed by atoms with van der Waals surface area (Å²) in [7, 11) is 2.36. The number of carbonyl (C=O) groups is 1. The van der Waals surface area contributed by atoms with E-state index in [1.807, 2.05) is 52.8 Å². The normalized spacial score (nSPS) is 16.8. The zero-order chi connectivity index (χ0) is 22.8. The van der Waals surface area contributed by atoms with E-state index in [-0.39, 0.29) is 0 Å². The molecule has 0 saturated carbocycles. The molecule has 166 valence electrons. The summed E-state index contributed by atoms with van der Waals surface area (Å²) in [5, 5.41) is 0. The summed E-state index contributed by atoms with van der Waals surface area (Å²) in [6, 6.07) is 11.4. The van der Waals surface area contributed by atoms with Gasteiger partial charge in [0.25, 0.3) is 0 Å².